The molecule has 1 aliphatic rings. The van der Waals surface area contributed by atoms with Crippen molar-refractivity contribution in [2.24, 2.45) is 5.92 Å². The summed E-state index contributed by atoms with van der Waals surface area (Å²) in [7, 11) is 0. The summed E-state index contributed by atoms with van der Waals surface area (Å²) < 4.78 is 13.8. The summed E-state index contributed by atoms with van der Waals surface area (Å²) in [6.07, 6.45) is 0.800. The van der Waals surface area contributed by atoms with Crippen LogP contribution in [-0.2, 0) is 11.3 Å². The van der Waals surface area contributed by atoms with Crippen LogP contribution in [0.4, 0.5) is 4.39 Å². The molecule has 0 spiro atoms. The summed E-state index contributed by atoms with van der Waals surface area (Å²) >= 11 is 0. The standard InChI is InChI=1S/C14H15FN2O2/c1-9-4-5-17(13(9)14(18)19)8-11-3-2-10(7-16)6-12(11)15/h2-3,6,9,13H,4-5,8H2,1H3,(H,18,19). The molecule has 1 heterocycles. The van der Waals surface area contributed by atoms with Gasteiger partial charge in [-0.2, -0.15) is 5.26 Å². The van der Waals surface area contributed by atoms with Crippen molar-refractivity contribution in [1.29, 1.82) is 5.26 Å². The molecule has 2 atom stereocenters. The highest BCUT2D eigenvalue weighted by molar-refractivity contribution is 5.74. The summed E-state index contributed by atoms with van der Waals surface area (Å²) in [6, 6.07) is 5.60. The zero-order chi connectivity index (χ0) is 14.0. The van der Waals surface area contributed by atoms with E-state index >= 15 is 0 Å². The maximum absolute atomic E-state index is 13.8. The maximum atomic E-state index is 13.8. The largest absolute Gasteiger partial charge is 0.480 e. The van der Waals surface area contributed by atoms with E-state index in [0.29, 0.717) is 12.1 Å². The van der Waals surface area contributed by atoms with Gasteiger partial charge < -0.3 is 5.11 Å². The molecule has 0 bridgehead atoms. The van der Waals surface area contributed by atoms with Crippen molar-refractivity contribution in [3.63, 3.8) is 0 Å². The molecule has 4 nitrogen and oxygen atoms in total. The lowest BCUT2D eigenvalue weighted by Gasteiger charge is -2.23. The van der Waals surface area contributed by atoms with E-state index in [1.165, 1.54) is 6.07 Å². The van der Waals surface area contributed by atoms with Crippen LogP contribution in [0.25, 0.3) is 0 Å². The Morgan fingerprint density at radius 1 is 1.63 bits per heavy atom. The van der Waals surface area contributed by atoms with E-state index in [1.807, 2.05) is 13.0 Å². The molecule has 1 aliphatic heterocycles. The van der Waals surface area contributed by atoms with Crippen molar-refractivity contribution in [3.05, 3.63) is 35.1 Å². The number of nitrogens with zero attached hydrogens (tertiary/aromatic N) is 2. The molecule has 0 radical (unpaired) electrons. The van der Waals surface area contributed by atoms with E-state index in [-0.39, 0.29) is 18.0 Å². The van der Waals surface area contributed by atoms with E-state index in [1.54, 1.807) is 17.0 Å². The highest BCUT2D eigenvalue weighted by Crippen LogP contribution is 2.26. The van der Waals surface area contributed by atoms with E-state index in [4.69, 9.17) is 5.26 Å². The van der Waals surface area contributed by atoms with E-state index in [0.717, 1.165) is 6.42 Å². The first-order chi connectivity index (χ1) is 9.02. The third-order valence-corrected chi connectivity index (χ3v) is 3.61. The predicted octanol–water partition coefficient (Wildman–Crippen LogP) is 1.99. The fourth-order valence-corrected chi connectivity index (χ4v) is 2.57. The Hall–Kier alpha value is -1.93. The fraction of sp³-hybridized carbons (Fsp3) is 0.429. The lowest BCUT2D eigenvalue weighted by Crippen LogP contribution is -2.38. The van der Waals surface area contributed by atoms with Gasteiger partial charge in [0.1, 0.15) is 11.9 Å². The zero-order valence-corrected chi connectivity index (χ0v) is 10.6. The molecule has 0 aromatic heterocycles. The van der Waals surface area contributed by atoms with Crippen LogP contribution in [-0.4, -0.2) is 28.6 Å². The van der Waals surface area contributed by atoms with Crippen molar-refractivity contribution in [2.75, 3.05) is 6.54 Å². The number of carboxylic acid groups (broad SMARTS) is 1. The molecule has 0 saturated carbocycles. The Morgan fingerprint density at radius 2 is 2.37 bits per heavy atom. The van der Waals surface area contributed by atoms with Gasteiger partial charge in [-0.05, 0) is 31.0 Å². The van der Waals surface area contributed by atoms with Gasteiger partial charge in [-0.1, -0.05) is 13.0 Å². The smallest absolute Gasteiger partial charge is 0.321 e. The van der Waals surface area contributed by atoms with Crippen LogP contribution in [0, 0.1) is 23.1 Å². The van der Waals surface area contributed by atoms with Gasteiger partial charge in [0, 0.05) is 12.1 Å². The second-order valence-electron chi connectivity index (χ2n) is 4.94. The summed E-state index contributed by atoms with van der Waals surface area (Å²) in [5.41, 5.74) is 0.699. The highest BCUT2D eigenvalue weighted by Gasteiger charge is 2.36. The third kappa shape index (κ3) is 2.74. The number of carboxylic acids is 1. The SMILES string of the molecule is CC1CCN(Cc2ccc(C#N)cc2F)C1C(=O)O. The quantitative estimate of drug-likeness (QED) is 0.904. The van der Waals surface area contributed by atoms with Crippen LogP contribution in [0.15, 0.2) is 18.2 Å². The number of rotatable bonds is 3. The molecular weight excluding hydrogens is 247 g/mol. The normalized spacial score (nSPS) is 23.2. The molecule has 1 aromatic rings. The summed E-state index contributed by atoms with van der Waals surface area (Å²) in [4.78, 5) is 13.0. The van der Waals surface area contributed by atoms with Crippen LogP contribution in [0.2, 0.25) is 0 Å². The van der Waals surface area contributed by atoms with Gasteiger partial charge in [0.05, 0.1) is 11.6 Å². The number of aliphatic carboxylic acids is 1. The number of nitriles is 1. The first-order valence-electron chi connectivity index (χ1n) is 6.18. The summed E-state index contributed by atoms with van der Waals surface area (Å²) in [5.74, 6) is -1.25. The number of hydrogen-bond acceptors (Lipinski definition) is 3. The number of halogens is 1. The molecule has 1 N–H and O–H groups in total. The lowest BCUT2D eigenvalue weighted by molar-refractivity contribution is -0.143. The number of carbonyl (C=O) groups is 1. The van der Waals surface area contributed by atoms with Crippen molar-refractivity contribution >= 4 is 5.97 Å². The Balaban J connectivity index is 2.17. The maximum Gasteiger partial charge on any atom is 0.321 e. The molecule has 2 unspecified atom stereocenters. The van der Waals surface area contributed by atoms with Crippen molar-refractivity contribution in [2.45, 2.75) is 25.9 Å². The number of hydrogen-bond donors (Lipinski definition) is 1. The molecule has 1 fully saturated rings. The average Bonchev–Trinajstić information content (AvgIpc) is 2.73. The monoisotopic (exact) mass is 262 g/mol. The Kier molecular flexibility index (Phi) is 3.82. The first kappa shape index (κ1) is 13.5. The fourth-order valence-electron chi connectivity index (χ4n) is 2.57. The summed E-state index contributed by atoms with van der Waals surface area (Å²) in [5, 5.41) is 17.9. The van der Waals surface area contributed by atoms with Gasteiger partial charge in [0.25, 0.3) is 0 Å². The van der Waals surface area contributed by atoms with Gasteiger partial charge >= 0.3 is 5.97 Å². The van der Waals surface area contributed by atoms with Crippen molar-refractivity contribution in [1.82, 2.24) is 4.90 Å². The predicted molar refractivity (Wildman–Crippen MR) is 66.7 cm³/mol. The van der Waals surface area contributed by atoms with Gasteiger partial charge in [0.2, 0.25) is 0 Å². The van der Waals surface area contributed by atoms with Gasteiger partial charge in [-0.3, -0.25) is 9.69 Å². The molecule has 19 heavy (non-hydrogen) atoms. The molecule has 5 heteroatoms. The zero-order valence-electron chi connectivity index (χ0n) is 10.6. The molecular formula is C14H15FN2O2. The van der Waals surface area contributed by atoms with E-state index in [9.17, 15) is 14.3 Å². The highest BCUT2D eigenvalue weighted by atomic mass is 19.1. The summed E-state index contributed by atoms with van der Waals surface area (Å²) in [6.45, 7) is 2.81. The first-order valence-corrected chi connectivity index (χ1v) is 6.18. The minimum atomic E-state index is -0.862. The molecule has 2 rings (SSSR count). The van der Waals surface area contributed by atoms with Gasteiger partial charge in [0.15, 0.2) is 0 Å². The van der Waals surface area contributed by atoms with Crippen LogP contribution < -0.4 is 0 Å². The van der Waals surface area contributed by atoms with Crippen LogP contribution in [0.5, 0.6) is 0 Å². The topological polar surface area (TPSA) is 64.3 Å². The van der Waals surface area contributed by atoms with Crippen molar-refractivity contribution in [3.8, 4) is 6.07 Å². The van der Waals surface area contributed by atoms with Crippen molar-refractivity contribution < 1.29 is 14.3 Å². The molecule has 1 saturated heterocycles. The van der Waals surface area contributed by atoms with E-state index in [2.05, 4.69) is 0 Å². The van der Waals surface area contributed by atoms with Crippen LogP contribution >= 0.6 is 0 Å². The Bertz CT molecular complexity index is 539. The number of benzene rings is 1. The molecule has 0 aliphatic carbocycles. The molecule has 100 valence electrons. The van der Waals surface area contributed by atoms with Gasteiger partial charge in [-0.25, -0.2) is 4.39 Å². The lowest BCUT2D eigenvalue weighted by atomic mass is 10.0. The Morgan fingerprint density at radius 3 is 2.95 bits per heavy atom. The second kappa shape index (κ2) is 5.37. The second-order valence-corrected chi connectivity index (χ2v) is 4.94. The Labute approximate surface area is 111 Å². The van der Waals surface area contributed by atoms with Gasteiger partial charge in [-0.15, -0.1) is 0 Å². The van der Waals surface area contributed by atoms with Crippen LogP contribution in [0.1, 0.15) is 24.5 Å². The minimum absolute atomic E-state index is 0.0685. The van der Waals surface area contributed by atoms with Crippen LogP contribution in [0.3, 0.4) is 0 Å². The van der Waals surface area contributed by atoms with E-state index < -0.39 is 17.8 Å². The minimum Gasteiger partial charge on any atom is -0.480 e. The molecule has 1 aromatic carbocycles. The average molecular weight is 262 g/mol. The third-order valence-electron chi connectivity index (χ3n) is 3.61. The molecule has 0 amide bonds. The number of likely N-dealkylation sites (tertiary alicyclic amines) is 1.